The van der Waals surface area contributed by atoms with Crippen LogP contribution in [0.5, 0.6) is 0 Å². The standard InChI is InChI=1S/C14H19NO5/c1-2-3-9-19-13(17)11-4-6-12(7-5-11)15-14(18)20-10-8-16/h4-7,16H,2-3,8-10H2,1H3,(H,15,18). The van der Waals surface area contributed by atoms with Crippen LogP contribution in [-0.2, 0) is 9.47 Å². The van der Waals surface area contributed by atoms with Crippen molar-refractivity contribution in [3.8, 4) is 0 Å². The van der Waals surface area contributed by atoms with Crippen LogP contribution in [0.1, 0.15) is 30.1 Å². The van der Waals surface area contributed by atoms with Crippen LogP contribution in [-0.4, -0.2) is 37.0 Å². The predicted molar refractivity (Wildman–Crippen MR) is 73.7 cm³/mol. The van der Waals surface area contributed by atoms with E-state index in [1.165, 1.54) is 0 Å². The average molecular weight is 281 g/mol. The Hall–Kier alpha value is -2.08. The summed E-state index contributed by atoms with van der Waals surface area (Å²) in [5.74, 6) is -0.382. The maximum absolute atomic E-state index is 11.6. The number of aliphatic hydroxyl groups excluding tert-OH is 1. The number of esters is 1. The summed E-state index contributed by atoms with van der Waals surface area (Å²) < 4.78 is 9.71. The number of rotatable bonds is 7. The molecule has 0 saturated heterocycles. The fourth-order valence-corrected chi connectivity index (χ4v) is 1.37. The molecule has 1 aromatic rings. The molecule has 1 aromatic carbocycles. The van der Waals surface area contributed by atoms with E-state index < -0.39 is 6.09 Å². The molecule has 0 bridgehead atoms. The van der Waals surface area contributed by atoms with Crippen molar-refractivity contribution in [2.45, 2.75) is 19.8 Å². The summed E-state index contributed by atoms with van der Waals surface area (Å²) in [5, 5.41) is 11.0. The van der Waals surface area contributed by atoms with Gasteiger partial charge in [0.15, 0.2) is 0 Å². The van der Waals surface area contributed by atoms with E-state index in [9.17, 15) is 9.59 Å². The second-order valence-electron chi connectivity index (χ2n) is 4.05. The molecule has 0 aliphatic carbocycles. The molecule has 6 heteroatoms. The lowest BCUT2D eigenvalue weighted by Gasteiger charge is -2.07. The van der Waals surface area contributed by atoms with Crippen molar-refractivity contribution < 1.29 is 24.2 Å². The zero-order chi connectivity index (χ0) is 14.8. The number of nitrogens with one attached hydrogen (secondary N) is 1. The van der Waals surface area contributed by atoms with E-state index >= 15 is 0 Å². The highest BCUT2D eigenvalue weighted by Gasteiger charge is 2.08. The van der Waals surface area contributed by atoms with Gasteiger partial charge in [0.25, 0.3) is 0 Å². The lowest BCUT2D eigenvalue weighted by atomic mass is 10.2. The molecule has 0 fully saturated rings. The van der Waals surface area contributed by atoms with E-state index in [0.717, 1.165) is 12.8 Å². The minimum absolute atomic E-state index is 0.0618. The number of hydrogen-bond acceptors (Lipinski definition) is 5. The van der Waals surface area contributed by atoms with Crippen molar-refractivity contribution in [3.05, 3.63) is 29.8 Å². The molecule has 2 N–H and O–H groups in total. The molecule has 0 spiro atoms. The predicted octanol–water partition coefficient (Wildman–Crippen LogP) is 2.18. The summed E-state index contributed by atoms with van der Waals surface area (Å²) in [4.78, 5) is 22.9. The third kappa shape index (κ3) is 5.71. The topological polar surface area (TPSA) is 84.9 Å². The molecule has 0 unspecified atom stereocenters. The van der Waals surface area contributed by atoms with Crippen LogP contribution in [0.4, 0.5) is 10.5 Å². The maximum atomic E-state index is 11.6. The van der Waals surface area contributed by atoms with E-state index in [2.05, 4.69) is 10.1 Å². The van der Waals surface area contributed by atoms with E-state index in [1.54, 1.807) is 24.3 Å². The highest BCUT2D eigenvalue weighted by molar-refractivity contribution is 5.91. The molecular formula is C14H19NO5. The molecular weight excluding hydrogens is 262 g/mol. The van der Waals surface area contributed by atoms with Gasteiger partial charge in [-0.1, -0.05) is 13.3 Å². The minimum Gasteiger partial charge on any atom is -0.462 e. The third-order valence-corrected chi connectivity index (χ3v) is 2.42. The second-order valence-corrected chi connectivity index (χ2v) is 4.05. The van der Waals surface area contributed by atoms with Crippen LogP contribution >= 0.6 is 0 Å². The van der Waals surface area contributed by atoms with E-state index in [-0.39, 0.29) is 19.2 Å². The molecule has 6 nitrogen and oxygen atoms in total. The summed E-state index contributed by atoms with van der Waals surface area (Å²) in [6.07, 6.45) is 1.14. The second kappa shape index (κ2) is 8.92. The van der Waals surface area contributed by atoms with Crippen molar-refractivity contribution in [1.82, 2.24) is 0 Å². The average Bonchev–Trinajstić information content (AvgIpc) is 2.46. The number of unbranched alkanes of at least 4 members (excludes halogenated alkanes) is 1. The Morgan fingerprint density at radius 3 is 2.45 bits per heavy atom. The number of benzene rings is 1. The van der Waals surface area contributed by atoms with Crippen molar-refractivity contribution in [3.63, 3.8) is 0 Å². The van der Waals surface area contributed by atoms with Crippen LogP contribution in [0.25, 0.3) is 0 Å². The van der Waals surface area contributed by atoms with Crippen molar-refractivity contribution in [2.24, 2.45) is 0 Å². The van der Waals surface area contributed by atoms with Gasteiger partial charge in [-0.3, -0.25) is 5.32 Å². The molecule has 0 radical (unpaired) electrons. The number of anilines is 1. The molecule has 1 amide bonds. The molecule has 0 aliphatic heterocycles. The Morgan fingerprint density at radius 2 is 1.85 bits per heavy atom. The third-order valence-electron chi connectivity index (χ3n) is 2.42. The monoisotopic (exact) mass is 281 g/mol. The first-order valence-electron chi connectivity index (χ1n) is 6.49. The maximum Gasteiger partial charge on any atom is 0.411 e. The zero-order valence-corrected chi connectivity index (χ0v) is 11.4. The smallest absolute Gasteiger partial charge is 0.411 e. The molecule has 0 atom stereocenters. The minimum atomic E-state index is -0.655. The molecule has 110 valence electrons. The number of aliphatic hydroxyl groups is 1. The lowest BCUT2D eigenvalue weighted by molar-refractivity contribution is 0.0500. The van der Waals surface area contributed by atoms with Gasteiger partial charge in [-0.2, -0.15) is 0 Å². The fourth-order valence-electron chi connectivity index (χ4n) is 1.37. The van der Waals surface area contributed by atoms with Crippen LogP contribution in [0, 0.1) is 0 Å². The summed E-state index contributed by atoms with van der Waals surface area (Å²) in [7, 11) is 0. The van der Waals surface area contributed by atoms with Gasteiger partial charge in [-0.25, -0.2) is 9.59 Å². The molecule has 0 aliphatic rings. The van der Waals surface area contributed by atoms with Gasteiger partial charge < -0.3 is 14.6 Å². The molecule has 0 saturated carbocycles. The fraction of sp³-hybridized carbons (Fsp3) is 0.429. The number of carbonyl (C=O) groups excluding carboxylic acids is 2. The number of ether oxygens (including phenoxy) is 2. The van der Waals surface area contributed by atoms with Gasteiger partial charge in [0.2, 0.25) is 0 Å². The normalized spacial score (nSPS) is 9.90. The first-order valence-corrected chi connectivity index (χ1v) is 6.49. The van der Waals surface area contributed by atoms with Crippen LogP contribution in [0.15, 0.2) is 24.3 Å². The van der Waals surface area contributed by atoms with Crippen molar-refractivity contribution >= 4 is 17.7 Å². The molecule has 0 heterocycles. The van der Waals surface area contributed by atoms with E-state index in [4.69, 9.17) is 9.84 Å². The van der Waals surface area contributed by atoms with Crippen LogP contribution < -0.4 is 5.32 Å². The Kier molecular flexibility index (Phi) is 7.13. The Bertz CT molecular complexity index is 430. The van der Waals surface area contributed by atoms with Crippen LogP contribution in [0.2, 0.25) is 0 Å². The first kappa shape index (κ1) is 16.0. The van der Waals surface area contributed by atoms with E-state index in [1.807, 2.05) is 6.92 Å². The van der Waals surface area contributed by atoms with Gasteiger partial charge in [0.05, 0.1) is 18.8 Å². The Labute approximate surface area is 117 Å². The van der Waals surface area contributed by atoms with Gasteiger partial charge in [0.1, 0.15) is 6.61 Å². The Balaban J connectivity index is 2.47. The largest absolute Gasteiger partial charge is 0.462 e. The number of amides is 1. The molecule has 20 heavy (non-hydrogen) atoms. The van der Waals surface area contributed by atoms with Crippen LogP contribution in [0.3, 0.4) is 0 Å². The highest BCUT2D eigenvalue weighted by atomic mass is 16.6. The summed E-state index contributed by atoms with van der Waals surface area (Å²) >= 11 is 0. The zero-order valence-electron chi connectivity index (χ0n) is 11.4. The van der Waals surface area contributed by atoms with Gasteiger partial charge >= 0.3 is 12.1 Å². The van der Waals surface area contributed by atoms with Gasteiger partial charge in [-0.15, -0.1) is 0 Å². The summed E-state index contributed by atoms with van der Waals surface area (Å²) in [5.41, 5.74) is 0.924. The van der Waals surface area contributed by atoms with Crippen molar-refractivity contribution in [1.29, 1.82) is 0 Å². The van der Waals surface area contributed by atoms with Gasteiger partial charge in [0, 0.05) is 5.69 Å². The molecule has 0 aromatic heterocycles. The number of carbonyl (C=O) groups is 2. The van der Waals surface area contributed by atoms with Gasteiger partial charge in [-0.05, 0) is 30.7 Å². The quantitative estimate of drug-likeness (QED) is 0.591. The number of hydrogen-bond donors (Lipinski definition) is 2. The Morgan fingerprint density at radius 1 is 1.15 bits per heavy atom. The van der Waals surface area contributed by atoms with Crippen molar-refractivity contribution in [2.75, 3.05) is 25.1 Å². The SMILES string of the molecule is CCCCOC(=O)c1ccc(NC(=O)OCCO)cc1. The highest BCUT2D eigenvalue weighted by Crippen LogP contribution is 2.11. The van der Waals surface area contributed by atoms with E-state index in [0.29, 0.717) is 17.9 Å². The summed E-state index contributed by atoms with van der Waals surface area (Å²) in [6, 6.07) is 6.29. The summed E-state index contributed by atoms with van der Waals surface area (Å²) in [6.45, 7) is 2.14. The first-order chi connectivity index (χ1) is 9.67. The lowest BCUT2D eigenvalue weighted by Crippen LogP contribution is -2.15. The molecule has 1 rings (SSSR count).